The van der Waals surface area contributed by atoms with Crippen molar-refractivity contribution in [2.45, 2.75) is 0 Å². The van der Waals surface area contributed by atoms with Gasteiger partial charge in [-0.05, 0) is 0 Å². The second-order valence-corrected chi connectivity index (χ2v) is 1.92. The van der Waals surface area contributed by atoms with E-state index in [0.29, 0.717) is 0 Å². The first-order valence-electron chi connectivity index (χ1n) is 3.33. The third-order valence-electron chi connectivity index (χ3n) is 1.11. The molecule has 2 rings (SSSR count). The van der Waals surface area contributed by atoms with Gasteiger partial charge in [0.25, 0.3) is 0 Å². The molecule has 64 valence electrons. The third-order valence-corrected chi connectivity index (χ3v) is 1.11. The van der Waals surface area contributed by atoms with Gasteiger partial charge in [0, 0.05) is 17.1 Å². The summed E-state index contributed by atoms with van der Waals surface area (Å²) in [5, 5.41) is 0. The number of hydrogen-bond acceptors (Lipinski definition) is 0. The molecule has 0 unspecified atom stereocenters. The Morgan fingerprint density at radius 1 is 0.583 bits per heavy atom. The molecule has 0 aliphatic heterocycles. The van der Waals surface area contributed by atoms with E-state index in [2.05, 4.69) is 0 Å². The van der Waals surface area contributed by atoms with Gasteiger partial charge >= 0.3 is 17.1 Å². The zero-order valence-electron chi connectivity index (χ0n) is 6.53. The van der Waals surface area contributed by atoms with E-state index in [1.54, 1.807) is 0 Å². The molecule has 2 aromatic carbocycles. The Morgan fingerprint density at radius 2 is 0.833 bits per heavy atom. The van der Waals surface area contributed by atoms with Gasteiger partial charge < -0.3 is 0 Å². The van der Waals surface area contributed by atoms with Gasteiger partial charge in [0.2, 0.25) is 0 Å². The van der Waals surface area contributed by atoms with Crippen molar-refractivity contribution in [1.82, 2.24) is 0 Å². The van der Waals surface area contributed by atoms with E-state index < -0.39 is 0 Å². The summed E-state index contributed by atoms with van der Waals surface area (Å²) >= 11 is 0. The van der Waals surface area contributed by atoms with Crippen LogP contribution in [0.1, 0.15) is 0 Å². The summed E-state index contributed by atoms with van der Waals surface area (Å²) < 4.78 is 0. The molecule has 0 amide bonds. The maximum absolute atomic E-state index is 2.00. The fourth-order valence-corrected chi connectivity index (χ4v) is 0.642. The second kappa shape index (κ2) is 10.7. The summed E-state index contributed by atoms with van der Waals surface area (Å²) in [6, 6.07) is 20.0. The molecular weight excluding hydrogens is 230 g/mol. The van der Waals surface area contributed by atoms with Crippen molar-refractivity contribution in [3.8, 4) is 0 Å². The van der Waals surface area contributed by atoms with E-state index in [4.69, 9.17) is 0 Å². The van der Waals surface area contributed by atoms with Crippen LogP contribution in [0.2, 0.25) is 0 Å². The molecule has 2 radical (unpaired) electrons. The van der Waals surface area contributed by atoms with Gasteiger partial charge in [-0.1, -0.05) is 0 Å². The summed E-state index contributed by atoms with van der Waals surface area (Å²) in [5.41, 5.74) is 0. The predicted octanol–water partition coefficient (Wildman–Crippen LogP) is 2.81. The molecule has 0 atom stereocenters. The van der Waals surface area contributed by atoms with Crippen LogP contribution in [0.15, 0.2) is 60.7 Å². The number of rotatable bonds is 0. The Morgan fingerprint density at radius 3 is 0.917 bits per heavy atom. The van der Waals surface area contributed by atoms with Crippen molar-refractivity contribution in [1.29, 1.82) is 0 Å². The summed E-state index contributed by atoms with van der Waals surface area (Å²) in [6.07, 6.45) is 0. The van der Waals surface area contributed by atoms with Gasteiger partial charge in [-0.2, -0.15) is 36.4 Å². The van der Waals surface area contributed by atoms with Crippen LogP contribution in [-0.4, -0.2) is 0 Å². The largest absolute Gasteiger partial charge is 2.00 e. The normalized spacial score (nSPS) is 6.67. The Hall–Kier alpha value is -0.261. The molecule has 0 bridgehead atoms. The van der Waals surface area contributed by atoms with E-state index in [0.717, 1.165) is 0 Å². The van der Waals surface area contributed by atoms with E-state index >= 15 is 0 Å². The monoisotopic (exact) mass is 240 g/mol. The van der Waals surface area contributed by atoms with E-state index in [1.807, 2.05) is 60.7 Å². The average Bonchev–Trinajstić information content (AvgIpc) is 2.67. The molecule has 0 fully saturated rings. The first-order valence-corrected chi connectivity index (χ1v) is 3.33. The molecule has 0 saturated heterocycles. The first-order chi connectivity index (χ1) is 5.00. The quantitative estimate of drug-likeness (QED) is 0.490. The molecule has 0 aliphatic rings. The van der Waals surface area contributed by atoms with Gasteiger partial charge in [-0.3, -0.25) is 0 Å². The topological polar surface area (TPSA) is 0 Å². The molecule has 0 N–H and O–H groups in total. The molecule has 0 saturated carbocycles. The predicted molar refractivity (Wildman–Crippen MR) is 44.1 cm³/mol. The molecule has 0 heterocycles. The summed E-state index contributed by atoms with van der Waals surface area (Å²) in [7, 11) is 0. The van der Waals surface area contributed by atoms with E-state index in [9.17, 15) is 0 Å². The van der Waals surface area contributed by atoms with Crippen LogP contribution < -0.4 is 0 Å². The second-order valence-electron chi connectivity index (χ2n) is 1.92. The molecular formula is C10H10Mn2. The molecule has 0 spiro atoms. The third kappa shape index (κ3) is 7.84. The molecule has 2 heteroatoms. The van der Waals surface area contributed by atoms with E-state index in [1.165, 1.54) is 0 Å². The van der Waals surface area contributed by atoms with Crippen molar-refractivity contribution < 1.29 is 34.1 Å². The van der Waals surface area contributed by atoms with E-state index in [-0.39, 0.29) is 34.1 Å². The van der Waals surface area contributed by atoms with Crippen LogP contribution in [0.4, 0.5) is 0 Å². The summed E-state index contributed by atoms with van der Waals surface area (Å²) in [5.74, 6) is 0. The van der Waals surface area contributed by atoms with Crippen LogP contribution in [0.3, 0.4) is 0 Å². The molecule has 0 nitrogen and oxygen atoms in total. The summed E-state index contributed by atoms with van der Waals surface area (Å²) in [4.78, 5) is 0. The Labute approximate surface area is 94.7 Å². The Bertz CT molecular complexity index is 147. The Kier molecular flexibility index (Phi) is 12.8. The maximum atomic E-state index is 2.00. The van der Waals surface area contributed by atoms with Gasteiger partial charge in [-0.25, -0.2) is 24.3 Å². The molecule has 0 aromatic heterocycles. The molecule has 12 heavy (non-hydrogen) atoms. The van der Waals surface area contributed by atoms with Gasteiger partial charge in [0.15, 0.2) is 0 Å². The van der Waals surface area contributed by atoms with Crippen LogP contribution in [-0.2, 0) is 34.1 Å². The van der Waals surface area contributed by atoms with Crippen LogP contribution in [0.5, 0.6) is 0 Å². The van der Waals surface area contributed by atoms with Crippen molar-refractivity contribution in [2.75, 3.05) is 0 Å². The van der Waals surface area contributed by atoms with Gasteiger partial charge in [0.1, 0.15) is 0 Å². The fraction of sp³-hybridized carbons (Fsp3) is 0. The minimum Gasteiger partial charge on any atom is -0.214 e. The van der Waals surface area contributed by atoms with Crippen molar-refractivity contribution in [3.63, 3.8) is 0 Å². The van der Waals surface area contributed by atoms with Crippen LogP contribution in [0.25, 0.3) is 0 Å². The first kappa shape index (κ1) is 14.3. The zero-order valence-corrected chi connectivity index (χ0v) is 8.89. The zero-order chi connectivity index (χ0) is 7.07. The number of hydrogen-bond donors (Lipinski definition) is 0. The fourth-order valence-electron chi connectivity index (χ4n) is 0.642. The molecule has 2 aromatic rings. The van der Waals surface area contributed by atoms with Gasteiger partial charge in [0.05, 0.1) is 0 Å². The average molecular weight is 240 g/mol. The SMILES string of the molecule is [Mn+2].[Mn].c1cc[cH-]c1.c1cc[cH-]c1. The summed E-state index contributed by atoms with van der Waals surface area (Å²) in [6.45, 7) is 0. The van der Waals surface area contributed by atoms with Crippen LogP contribution in [0, 0.1) is 0 Å². The minimum atomic E-state index is 0. The molecule has 0 aliphatic carbocycles. The van der Waals surface area contributed by atoms with Crippen molar-refractivity contribution in [3.05, 3.63) is 60.7 Å². The van der Waals surface area contributed by atoms with Crippen molar-refractivity contribution in [2.24, 2.45) is 0 Å². The minimum absolute atomic E-state index is 0. The Balaban J connectivity index is 0. The van der Waals surface area contributed by atoms with Gasteiger partial charge in [-0.15, -0.1) is 0 Å². The smallest absolute Gasteiger partial charge is 0.214 e. The maximum Gasteiger partial charge on any atom is 2.00 e. The van der Waals surface area contributed by atoms with Crippen molar-refractivity contribution >= 4 is 0 Å². The standard InChI is InChI=1S/2C5H5.2Mn/c2*1-2-4-5-3-1;;/h2*1-5H;;/q2*-1;;+2. The van der Waals surface area contributed by atoms with Crippen LogP contribution >= 0.6 is 0 Å².